The summed E-state index contributed by atoms with van der Waals surface area (Å²) >= 11 is 0. The number of rotatable bonds is 8. The first-order valence-corrected chi connectivity index (χ1v) is 9.73. The molecule has 0 N–H and O–H groups in total. The monoisotopic (exact) mass is 390 g/mol. The number of esters is 1. The number of carbonyl (C=O) groups excluding carboxylic acids is 2. The van der Waals surface area contributed by atoms with Gasteiger partial charge in [-0.15, -0.1) is 0 Å². The summed E-state index contributed by atoms with van der Waals surface area (Å²) in [7, 11) is 1.36. The number of anilines is 1. The van der Waals surface area contributed by atoms with Gasteiger partial charge in [-0.1, -0.05) is 66.7 Å². The molecule has 0 radical (unpaired) electrons. The van der Waals surface area contributed by atoms with Crippen LogP contribution in [0, 0.1) is 0 Å². The normalized spacial score (nSPS) is 10.9. The van der Waals surface area contributed by atoms with Gasteiger partial charge in [0.15, 0.2) is 0 Å². The average Bonchev–Trinajstić information content (AvgIpc) is 2.75. The Morgan fingerprint density at radius 1 is 0.862 bits per heavy atom. The zero-order chi connectivity index (χ0) is 20.6. The van der Waals surface area contributed by atoms with Crippen LogP contribution in [0.3, 0.4) is 0 Å². The first kappa shape index (κ1) is 20.6. The van der Waals surface area contributed by atoms with Crippen LogP contribution in [0.5, 0.6) is 0 Å². The zero-order valence-corrected chi connectivity index (χ0v) is 16.9. The summed E-state index contributed by atoms with van der Waals surface area (Å²) in [6.45, 7) is 3.19. The molecule has 0 spiro atoms. The Labute approximate surface area is 171 Å². The highest BCUT2D eigenvalue weighted by Gasteiger charge is 2.21. The number of benzene rings is 3. The fraction of sp³-hybridized carbons (Fsp3) is 0.250. The first-order valence-electron chi connectivity index (χ1n) is 9.73. The maximum Gasteiger partial charge on any atom is 0.319 e. The van der Waals surface area contributed by atoms with Crippen molar-refractivity contribution in [3.8, 4) is 0 Å². The molecule has 5 nitrogen and oxygen atoms in total. The molecule has 0 saturated carbocycles. The lowest BCUT2D eigenvalue weighted by molar-refractivity contribution is -0.142. The van der Waals surface area contributed by atoms with Gasteiger partial charge in [0.05, 0.1) is 25.9 Å². The number of amides is 1. The van der Waals surface area contributed by atoms with Crippen molar-refractivity contribution >= 4 is 28.3 Å². The van der Waals surface area contributed by atoms with E-state index >= 15 is 0 Å². The Morgan fingerprint density at radius 3 is 2.28 bits per heavy atom. The number of nitrogens with zero attached hydrogens (tertiary/aromatic N) is 2. The molecule has 0 aliphatic rings. The van der Waals surface area contributed by atoms with Crippen molar-refractivity contribution in [2.75, 3.05) is 31.6 Å². The number of hydrogen-bond acceptors (Lipinski definition) is 4. The minimum Gasteiger partial charge on any atom is -0.468 e. The van der Waals surface area contributed by atoms with Gasteiger partial charge in [-0.05, 0) is 23.9 Å². The molecule has 0 aromatic heterocycles. The van der Waals surface area contributed by atoms with E-state index in [4.69, 9.17) is 4.74 Å². The molecule has 5 heteroatoms. The van der Waals surface area contributed by atoms with Gasteiger partial charge in [-0.25, -0.2) is 0 Å². The molecule has 0 saturated heterocycles. The Balaban J connectivity index is 1.83. The highest BCUT2D eigenvalue weighted by Crippen LogP contribution is 2.27. The quantitative estimate of drug-likeness (QED) is 0.548. The lowest BCUT2D eigenvalue weighted by Crippen LogP contribution is -2.42. The molecular formula is C24H26N2O3. The highest BCUT2D eigenvalue weighted by molar-refractivity contribution is 6.04. The molecule has 0 fully saturated rings. The molecular weight excluding hydrogens is 364 g/mol. The molecule has 3 rings (SSSR count). The first-order chi connectivity index (χ1) is 14.1. The third-order valence-corrected chi connectivity index (χ3v) is 4.86. The molecule has 3 aromatic carbocycles. The third kappa shape index (κ3) is 5.21. The number of likely N-dealkylation sites (N-methyl/N-ethyl adjacent to an activating group) is 1. The Bertz CT molecular complexity index is 967. The van der Waals surface area contributed by atoms with E-state index in [-0.39, 0.29) is 25.0 Å². The van der Waals surface area contributed by atoms with Crippen molar-refractivity contribution in [1.82, 2.24) is 4.90 Å². The summed E-state index contributed by atoms with van der Waals surface area (Å²) in [5.74, 6) is -0.411. The largest absolute Gasteiger partial charge is 0.468 e. The molecule has 29 heavy (non-hydrogen) atoms. The number of methoxy groups -OCH3 is 1. The number of hydrogen-bond donors (Lipinski definition) is 0. The predicted molar refractivity (Wildman–Crippen MR) is 116 cm³/mol. The topological polar surface area (TPSA) is 49.9 Å². The fourth-order valence-electron chi connectivity index (χ4n) is 3.46. The number of ether oxygens (including phenoxy) is 1. The Kier molecular flexibility index (Phi) is 6.98. The van der Waals surface area contributed by atoms with Crippen LogP contribution in [0.15, 0.2) is 72.8 Å². The fourth-order valence-corrected chi connectivity index (χ4v) is 3.46. The maximum absolute atomic E-state index is 13.2. The van der Waals surface area contributed by atoms with Crippen molar-refractivity contribution in [3.63, 3.8) is 0 Å². The zero-order valence-electron chi connectivity index (χ0n) is 16.9. The van der Waals surface area contributed by atoms with Gasteiger partial charge in [-0.2, -0.15) is 0 Å². The highest BCUT2D eigenvalue weighted by atomic mass is 16.5. The van der Waals surface area contributed by atoms with Crippen molar-refractivity contribution < 1.29 is 14.3 Å². The van der Waals surface area contributed by atoms with Gasteiger partial charge in [-0.3, -0.25) is 14.5 Å². The summed E-state index contributed by atoms with van der Waals surface area (Å²) in [5.41, 5.74) is 1.92. The lowest BCUT2D eigenvalue weighted by atomic mass is 10.1. The van der Waals surface area contributed by atoms with E-state index in [1.165, 1.54) is 7.11 Å². The average molecular weight is 390 g/mol. The van der Waals surface area contributed by atoms with Crippen molar-refractivity contribution in [1.29, 1.82) is 0 Å². The van der Waals surface area contributed by atoms with E-state index in [2.05, 4.69) is 0 Å². The molecule has 3 aromatic rings. The van der Waals surface area contributed by atoms with Crippen LogP contribution >= 0.6 is 0 Å². The van der Waals surface area contributed by atoms with Crippen molar-refractivity contribution in [2.45, 2.75) is 13.5 Å². The molecule has 0 heterocycles. The van der Waals surface area contributed by atoms with Crippen LogP contribution in [-0.4, -0.2) is 43.5 Å². The van der Waals surface area contributed by atoms with Gasteiger partial charge >= 0.3 is 5.97 Å². The molecule has 0 aliphatic carbocycles. The Morgan fingerprint density at radius 2 is 1.55 bits per heavy atom. The minimum absolute atomic E-state index is 0.0521. The molecule has 1 amide bonds. The van der Waals surface area contributed by atoms with E-state index in [0.29, 0.717) is 13.1 Å². The standard InChI is InChI=1S/C24H26N2O3/c1-3-26(22-15-9-13-20-12-7-8-14-21(20)22)23(27)17-25(18-24(28)29-2)16-19-10-5-4-6-11-19/h4-15H,3,16-18H2,1-2H3. The second-order valence-corrected chi connectivity index (χ2v) is 6.84. The van der Waals surface area contributed by atoms with Crippen LogP contribution in [0.4, 0.5) is 5.69 Å². The van der Waals surface area contributed by atoms with Crippen molar-refractivity contribution in [2.24, 2.45) is 0 Å². The van der Waals surface area contributed by atoms with Crippen LogP contribution in [0.1, 0.15) is 12.5 Å². The summed E-state index contributed by atoms with van der Waals surface area (Å²) < 4.78 is 4.82. The van der Waals surface area contributed by atoms with Gasteiger partial charge < -0.3 is 9.64 Å². The second-order valence-electron chi connectivity index (χ2n) is 6.84. The Hall–Kier alpha value is -3.18. The maximum atomic E-state index is 13.2. The molecule has 0 atom stereocenters. The van der Waals surface area contributed by atoms with Gasteiger partial charge in [0.1, 0.15) is 0 Å². The minimum atomic E-state index is -0.359. The summed E-state index contributed by atoms with van der Waals surface area (Å²) in [6, 6.07) is 23.8. The molecule has 150 valence electrons. The van der Waals surface area contributed by atoms with E-state index in [9.17, 15) is 9.59 Å². The third-order valence-electron chi connectivity index (χ3n) is 4.86. The molecule has 0 bridgehead atoms. The van der Waals surface area contributed by atoms with Crippen LogP contribution in [0.25, 0.3) is 10.8 Å². The van der Waals surface area contributed by atoms with Crippen LogP contribution in [-0.2, 0) is 20.9 Å². The van der Waals surface area contributed by atoms with Crippen molar-refractivity contribution in [3.05, 3.63) is 78.4 Å². The van der Waals surface area contributed by atoms with E-state index in [1.54, 1.807) is 4.90 Å². The predicted octanol–water partition coefficient (Wildman–Crippen LogP) is 3.87. The van der Waals surface area contributed by atoms with Gasteiger partial charge in [0.2, 0.25) is 5.91 Å². The molecule has 0 aliphatic heterocycles. The number of fused-ring (bicyclic) bond motifs is 1. The summed E-state index contributed by atoms with van der Waals surface area (Å²) in [4.78, 5) is 28.7. The van der Waals surface area contributed by atoms with E-state index in [1.807, 2.05) is 84.6 Å². The number of carbonyl (C=O) groups is 2. The summed E-state index contributed by atoms with van der Waals surface area (Å²) in [5, 5.41) is 2.12. The van der Waals surface area contributed by atoms with Crippen LogP contribution in [0.2, 0.25) is 0 Å². The van der Waals surface area contributed by atoms with Crippen LogP contribution < -0.4 is 4.90 Å². The van der Waals surface area contributed by atoms with Gasteiger partial charge in [0.25, 0.3) is 0 Å². The lowest BCUT2D eigenvalue weighted by Gasteiger charge is -2.27. The van der Waals surface area contributed by atoms with E-state index in [0.717, 1.165) is 22.0 Å². The SMILES string of the molecule is CCN(C(=O)CN(CC(=O)OC)Cc1ccccc1)c1cccc2ccccc12. The smallest absolute Gasteiger partial charge is 0.319 e. The molecule has 0 unspecified atom stereocenters. The van der Waals surface area contributed by atoms with E-state index < -0.39 is 0 Å². The summed E-state index contributed by atoms with van der Waals surface area (Å²) in [6.07, 6.45) is 0. The second kappa shape index (κ2) is 9.85. The van der Waals surface area contributed by atoms with Gasteiger partial charge in [0, 0.05) is 18.5 Å².